The average molecular weight is 181 g/mol. The molecule has 4 nitrogen and oxygen atoms in total. The first-order valence-corrected chi connectivity index (χ1v) is 3.91. The highest BCUT2D eigenvalue weighted by atomic mass is 16.6. The third-order valence-corrected chi connectivity index (χ3v) is 1.69. The maximum absolute atomic E-state index is 10.5. The highest BCUT2D eigenvalue weighted by Crippen LogP contribution is 2.13. The molecule has 0 bridgehead atoms. The number of nitrogens with zero attached hydrogens (tertiary/aromatic N) is 1. The lowest BCUT2D eigenvalue weighted by molar-refractivity contribution is -0.137. The van der Waals surface area contributed by atoms with Crippen LogP contribution in [0.2, 0.25) is 0 Å². The van der Waals surface area contributed by atoms with Crippen LogP contribution in [0.1, 0.15) is 6.42 Å². The van der Waals surface area contributed by atoms with E-state index in [-0.39, 0.29) is 12.3 Å². The molecule has 0 spiro atoms. The molecule has 1 aliphatic rings. The Kier molecular flexibility index (Phi) is 3.25. The Bertz CT molecular complexity index is 279. The van der Waals surface area contributed by atoms with Crippen LogP contribution < -0.4 is 0 Å². The summed E-state index contributed by atoms with van der Waals surface area (Å²) < 4.78 is 0. The molecule has 1 unspecified atom stereocenters. The lowest BCUT2D eigenvalue weighted by atomic mass is 9.95. The molecule has 0 aromatic heterocycles. The number of carboxylic acid groups (broad SMARTS) is 1. The number of hydrogen-bond acceptors (Lipinski definition) is 3. The molecule has 0 saturated heterocycles. The minimum Gasteiger partial charge on any atom is -0.481 e. The standard InChI is InChI=1S/C9H11NO3/c1-13-10-8-5-3-2-4-7(8)6-9(11)12/h2-5,7H,6H2,1H3,(H,11,12). The lowest BCUT2D eigenvalue weighted by Gasteiger charge is -2.11. The third kappa shape index (κ3) is 2.74. The van der Waals surface area contributed by atoms with Gasteiger partial charge in [-0.25, -0.2) is 0 Å². The average Bonchev–Trinajstić information content (AvgIpc) is 2.08. The molecule has 0 saturated carbocycles. The molecule has 1 aliphatic carbocycles. The van der Waals surface area contributed by atoms with Gasteiger partial charge in [-0.15, -0.1) is 0 Å². The molecule has 1 atom stereocenters. The van der Waals surface area contributed by atoms with Gasteiger partial charge in [0.15, 0.2) is 0 Å². The Balaban J connectivity index is 2.70. The van der Waals surface area contributed by atoms with Crippen molar-refractivity contribution in [2.45, 2.75) is 6.42 Å². The maximum Gasteiger partial charge on any atom is 0.304 e. The van der Waals surface area contributed by atoms with Crippen LogP contribution in [-0.4, -0.2) is 23.9 Å². The molecule has 0 heterocycles. The van der Waals surface area contributed by atoms with Gasteiger partial charge in [-0.05, 0) is 6.08 Å². The van der Waals surface area contributed by atoms with E-state index in [4.69, 9.17) is 5.11 Å². The van der Waals surface area contributed by atoms with Crippen molar-refractivity contribution in [3.8, 4) is 0 Å². The van der Waals surface area contributed by atoms with Gasteiger partial charge >= 0.3 is 5.97 Å². The van der Waals surface area contributed by atoms with E-state index in [0.717, 1.165) is 0 Å². The normalized spacial score (nSPS) is 23.5. The minimum absolute atomic E-state index is 0.0447. The van der Waals surface area contributed by atoms with Crippen LogP contribution in [0.4, 0.5) is 0 Å². The van der Waals surface area contributed by atoms with Gasteiger partial charge in [-0.2, -0.15) is 0 Å². The Morgan fingerprint density at radius 1 is 1.69 bits per heavy atom. The quantitative estimate of drug-likeness (QED) is 0.665. The predicted molar refractivity (Wildman–Crippen MR) is 48.5 cm³/mol. The van der Waals surface area contributed by atoms with Crippen molar-refractivity contribution in [3.63, 3.8) is 0 Å². The molecule has 1 N–H and O–H groups in total. The summed E-state index contributed by atoms with van der Waals surface area (Å²) in [6.07, 6.45) is 7.20. The summed E-state index contributed by atoms with van der Waals surface area (Å²) in [5.74, 6) is -1.02. The predicted octanol–water partition coefficient (Wildman–Crippen LogP) is 1.21. The Morgan fingerprint density at radius 3 is 3.08 bits per heavy atom. The number of oxime groups is 1. The van der Waals surface area contributed by atoms with E-state index < -0.39 is 5.97 Å². The Hall–Kier alpha value is -1.58. The van der Waals surface area contributed by atoms with Crippen LogP contribution >= 0.6 is 0 Å². The van der Waals surface area contributed by atoms with E-state index in [1.165, 1.54) is 7.11 Å². The summed E-state index contributed by atoms with van der Waals surface area (Å²) in [7, 11) is 1.44. The first-order chi connectivity index (χ1) is 6.24. The number of aliphatic carboxylic acids is 1. The van der Waals surface area contributed by atoms with Gasteiger partial charge in [0.05, 0.1) is 12.1 Å². The number of allylic oxidation sites excluding steroid dienone is 4. The second kappa shape index (κ2) is 4.45. The number of rotatable bonds is 3. The van der Waals surface area contributed by atoms with Crippen LogP contribution in [0.3, 0.4) is 0 Å². The number of carboxylic acids is 1. The zero-order valence-electron chi connectivity index (χ0n) is 7.30. The molecule has 0 amide bonds. The Labute approximate surface area is 76.2 Å². The highest BCUT2D eigenvalue weighted by Gasteiger charge is 2.16. The van der Waals surface area contributed by atoms with Crippen molar-refractivity contribution >= 4 is 11.7 Å². The molecule has 0 radical (unpaired) electrons. The summed E-state index contributed by atoms with van der Waals surface area (Å²) in [6, 6.07) is 0. The summed E-state index contributed by atoms with van der Waals surface area (Å²) >= 11 is 0. The maximum atomic E-state index is 10.5. The molecule has 13 heavy (non-hydrogen) atoms. The smallest absolute Gasteiger partial charge is 0.304 e. The fraction of sp³-hybridized carbons (Fsp3) is 0.333. The van der Waals surface area contributed by atoms with Crippen LogP contribution in [0, 0.1) is 5.92 Å². The van der Waals surface area contributed by atoms with Crippen LogP contribution in [0.15, 0.2) is 29.5 Å². The van der Waals surface area contributed by atoms with E-state index in [1.807, 2.05) is 6.08 Å². The minimum atomic E-state index is -0.839. The molecule has 0 aromatic carbocycles. The van der Waals surface area contributed by atoms with Crippen molar-refractivity contribution in [3.05, 3.63) is 24.3 Å². The molecular weight excluding hydrogens is 170 g/mol. The number of carbonyl (C=O) groups is 1. The topological polar surface area (TPSA) is 58.9 Å². The zero-order valence-corrected chi connectivity index (χ0v) is 7.30. The van der Waals surface area contributed by atoms with Crippen LogP contribution in [0.5, 0.6) is 0 Å². The van der Waals surface area contributed by atoms with Gasteiger partial charge in [0.25, 0.3) is 0 Å². The zero-order chi connectivity index (χ0) is 9.68. The molecule has 0 fully saturated rings. The van der Waals surface area contributed by atoms with Gasteiger partial charge in [-0.3, -0.25) is 4.79 Å². The van der Waals surface area contributed by atoms with Crippen molar-refractivity contribution in [1.29, 1.82) is 0 Å². The van der Waals surface area contributed by atoms with Crippen LogP contribution in [0.25, 0.3) is 0 Å². The molecule has 1 rings (SSSR count). The molecule has 4 heteroatoms. The first kappa shape index (κ1) is 9.51. The van der Waals surface area contributed by atoms with E-state index in [0.29, 0.717) is 5.71 Å². The summed E-state index contributed by atoms with van der Waals surface area (Å²) in [6.45, 7) is 0. The second-order valence-electron chi connectivity index (χ2n) is 2.65. The van der Waals surface area contributed by atoms with E-state index in [2.05, 4.69) is 9.99 Å². The van der Waals surface area contributed by atoms with E-state index >= 15 is 0 Å². The second-order valence-corrected chi connectivity index (χ2v) is 2.65. The van der Waals surface area contributed by atoms with Crippen LogP contribution in [-0.2, 0) is 9.63 Å². The fourth-order valence-electron chi connectivity index (χ4n) is 1.14. The van der Waals surface area contributed by atoms with Crippen molar-refractivity contribution in [1.82, 2.24) is 0 Å². The van der Waals surface area contributed by atoms with E-state index in [9.17, 15) is 4.79 Å². The monoisotopic (exact) mass is 181 g/mol. The van der Waals surface area contributed by atoms with Crippen molar-refractivity contribution < 1.29 is 14.7 Å². The van der Waals surface area contributed by atoms with E-state index in [1.54, 1.807) is 18.2 Å². The fourth-order valence-corrected chi connectivity index (χ4v) is 1.14. The summed E-state index contributed by atoms with van der Waals surface area (Å²) in [5.41, 5.74) is 0.646. The SMILES string of the molecule is CON=C1C=CC=CC1CC(=O)O. The van der Waals surface area contributed by atoms with Gasteiger partial charge in [-0.1, -0.05) is 23.4 Å². The lowest BCUT2D eigenvalue weighted by Crippen LogP contribution is -2.16. The van der Waals surface area contributed by atoms with Gasteiger partial charge in [0.2, 0.25) is 0 Å². The molecule has 0 aliphatic heterocycles. The molecular formula is C9H11NO3. The Morgan fingerprint density at radius 2 is 2.46 bits per heavy atom. The highest BCUT2D eigenvalue weighted by molar-refractivity contribution is 6.00. The summed E-state index contributed by atoms with van der Waals surface area (Å²) in [4.78, 5) is 15.1. The largest absolute Gasteiger partial charge is 0.481 e. The third-order valence-electron chi connectivity index (χ3n) is 1.69. The van der Waals surface area contributed by atoms with Gasteiger partial charge < -0.3 is 9.94 Å². The first-order valence-electron chi connectivity index (χ1n) is 3.91. The number of hydrogen-bond donors (Lipinski definition) is 1. The molecule has 0 aromatic rings. The molecule has 70 valence electrons. The van der Waals surface area contributed by atoms with Crippen molar-refractivity contribution in [2.75, 3.05) is 7.11 Å². The summed E-state index contributed by atoms with van der Waals surface area (Å²) in [5, 5.41) is 12.3. The van der Waals surface area contributed by atoms with Crippen molar-refractivity contribution in [2.24, 2.45) is 11.1 Å². The van der Waals surface area contributed by atoms with Gasteiger partial charge in [0.1, 0.15) is 7.11 Å². The van der Waals surface area contributed by atoms with Gasteiger partial charge in [0, 0.05) is 5.92 Å².